The quantitative estimate of drug-likeness (QED) is 0.347. The maximum Gasteiger partial charge on any atom is 0.339 e. The van der Waals surface area contributed by atoms with Crippen LogP contribution >= 0.6 is 0 Å². The Morgan fingerprint density at radius 3 is 2.54 bits per heavy atom. The van der Waals surface area contributed by atoms with Crippen LogP contribution in [0.2, 0.25) is 0 Å². The molecule has 0 aliphatic carbocycles. The maximum absolute atomic E-state index is 15.7. The van der Waals surface area contributed by atoms with Gasteiger partial charge in [0.05, 0.1) is 32.0 Å². The second-order valence-corrected chi connectivity index (χ2v) is 11.7. The third-order valence-corrected chi connectivity index (χ3v) is 8.02. The Morgan fingerprint density at radius 2 is 1.92 bits per heavy atom. The lowest BCUT2D eigenvalue weighted by Crippen LogP contribution is -2.31. The van der Waals surface area contributed by atoms with Gasteiger partial charge in [-0.1, -0.05) is 0 Å². The number of hydrogen-bond donors (Lipinski definition) is 0. The molecule has 2 aromatic heterocycles. The summed E-state index contributed by atoms with van der Waals surface area (Å²) in [6, 6.07) is 1.55. The first kappa shape index (κ1) is 27.6. The number of benzene rings is 1. The van der Waals surface area contributed by atoms with Crippen LogP contribution in [-0.2, 0) is 32.0 Å². The average Bonchev–Trinajstić information content (AvgIpc) is 3.09. The number of aryl methyl sites for hydroxylation is 2. The number of fused-ring (bicyclic) bond motifs is 2. The molecule has 1 aromatic carbocycles. The minimum absolute atomic E-state index is 0.135. The summed E-state index contributed by atoms with van der Waals surface area (Å²) in [4.78, 5) is 18.4. The predicted octanol–water partition coefficient (Wildman–Crippen LogP) is 6.22. The fraction of sp³-hybridized carbons (Fsp3) is 0.548. The molecule has 0 radical (unpaired) electrons. The number of esters is 1. The molecular formula is C31H39FN2O5. The van der Waals surface area contributed by atoms with Crippen LogP contribution in [0.3, 0.4) is 0 Å². The van der Waals surface area contributed by atoms with Crippen molar-refractivity contribution in [2.45, 2.75) is 92.1 Å². The Labute approximate surface area is 229 Å². The predicted molar refractivity (Wildman–Crippen MR) is 148 cm³/mol. The van der Waals surface area contributed by atoms with Crippen LogP contribution in [0.25, 0.3) is 22.2 Å². The van der Waals surface area contributed by atoms with E-state index in [1.165, 1.54) is 7.11 Å². The number of nitrogens with zero attached hydrogens (tertiary/aromatic N) is 2. The molecule has 39 heavy (non-hydrogen) atoms. The van der Waals surface area contributed by atoms with Crippen LogP contribution in [0.5, 0.6) is 5.75 Å². The van der Waals surface area contributed by atoms with E-state index in [0.29, 0.717) is 35.7 Å². The third-order valence-electron chi connectivity index (χ3n) is 8.02. The number of methoxy groups -OCH3 is 1. The largest absolute Gasteiger partial charge is 0.490 e. The molecule has 7 nitrogen and oxygen atoms in total. The van der Waals surface area contributed by atoms with Gasteiger partial charge in [0.25, 0.3) is 0 Å². The van der Waals surface area contributed by atoms with Crippen molar-refractivity contribution < 1.29 is 28.1 Å². The van der Waals surface area contributed by atoms with Gasteiger partial charge in [0, 0.05) is 40.1 Å². The number of aromatic nitrogens is 2. The van der Waals surface area contributed by atoms with E-state index in [9.17, 15) is 4.79 Å². The van der Waals surface area contributed by atoms with Crippen LogP contribution in [0.1, 0.15) is 73.4 Å². The highest BCUT2D eigenvalue weighted by Gasteiger charge is 2.36. The maximum atomic E-state index is 15.7. The molecular weight excluding hydrogens is 499 g/mol. The highest BCUT2D eigenvalue weighted by atomic mass is 19.1. The zero-order chi connectivity index (χ0) is 28.2. The van der Waals surface area contributed by atoms with Gasteiger partial charge in [0.15, 0.2) is 17.7 Å². The molecule has 2 aliphatic heterocycles. The van der Waals surface area contributed by atoms with Crippen LogP contribution < -0.4 is 4.74 Å². The molecule has 8 heteroatoms. The molecule has 1 unspecified atom stereocenters. The van der Waals surface area contributed by atoms with Crippen molar-refractivity contribution in [2.75, 3.05) is 20.3 Å². The topological polar surface area (TPSA) is 71.8 Å². The summed E-state index contributed by atoms with van der Waals surface area (Å²) < 4.78 is 40.9. The molecule has 2 atom stereocenters. The van der Waals surface area contributed by atoms with E-state index in [-0.39, 0.29) is 6.10 Å². The first-order valence-corrected chi connectivity index (χ1v) is 13.7. The van der Waals surface area contributed by atoms with E-state index in [1.54, 1.807) is 6.07 Å². The van der Waals surface area contributed by atoms with Crippen LogP contribution in [0.4, 0.5) is 4.39 Å². The summed E-state index contributed by atoms with van der Waals surface area (Å²) in [5.41, 5.74) is 6.76. The Kier molecular flexibility index (Phi) is 7.22. The van der Waals surface area contributed by atoms with Crippen LogP contribution in [0, 0.1) is 33.5 Å². The Hall–Kier alpha value is -2.97. The Balaban J connectivity index is 1.89. The van der Waals surface area contributed by atoms with Crippen LogP contribution in [-0.4, -0.2) is 47.5 Å². The van der Waals surface area contributed by atoms with Gasteiger partial charge in [-0.3, -0.25) is 0 Å². The molecule has 2 aliphatic rings. The second kappa shape index (κ2) is 10.2. The Bertz CT molecular complexity index is 1450. The zero-order valence-electron chi connectivity index (χ0n) is 24.3. The van der Waals surface area contributed by atoms with E-state index in [4.69, 9.17) is 23.9 Å². The van der Waals surface area contributed by atoms with Crippen molar-refractivity contribution in [3.8, 4) is 16.9 Å². The fourth-order valence-electron chi connectivity index (χ4n) is 5.85. The molecule has 3 aromatic rings. The second-order valence-electron chi connectivity index (χ2n) is 11.7. The fourth-order valence-corrected chi connectivity index (χ4v) is 5.85. The van der Waals surface area contributed by atoms with Gasteiger partial charge in [-0.2, -0.15) is 0 Å². The normalized spacial score (nSPS) is 17.9. The molecule has 210 valence electrons. The van der Waals surface area contributed by atoms with Gasteiger partial charge in [-0.25, -0.2) is 14.2 Å². The van der Waals surface area contributed by atoms with Crippen LogP contribution in [0.15, 0.2) is 6.07 Å². The summed E-state index contributed by atoms with van der Waals surface area (Å²) in [5, 5.41) is 0.887. The number of carbonyl (C=O) groups is 1. The van der Waals surface area contributed by atoms with Gasteiger partial charge in [-0.05, 0) is 90.5 Å². The number of pyridine rings is 1. The summed E-state index contributed by atoms with van der Waals surface area (Å²) in [6.07, 6.45) is 1.64. The first-order chi connectivity index (χ1) is 18.4. The lowest BCUT2D eigenvalue weighted by atomic mass is 9.86. The molecule has 0 N–H and O–H groups in total. The molecule has 0 bridgehead atoms. The monoisotopic (exact) mass is 538 g/mol. The van der Waals surface area contributed by atoms with E-state index < -0.39 is 23.5 Å². The van der Waals surface area contributed by atoms with Gasteiger partial charge < -0.3 is 23.5 Å². The molecule has 0 spiro atoms. The number of rotatable bonds is 6. The third kappa shape index (κ3) is 4.82. The van der Waals surface area contributed by atoms with E-state index >= 15 is 4.39 Å². The highest BCUT2D eigenvalue weighted by molar-refractivity contribution is 6.01. The van der Waals surface area contributed by atoms with Crippen molar-refractivity contribution in [2.24, 2.45) is 0 Å². The summed E-state index contributed by atoms with van der Waals surface area (Å²) in [5.74, 6) is -0.595. The smallest absolute Gasteiger partial charge is 0.339 e. The van der Waals surface area contributed by atoms with Gasteiger partial charge in [-0.15, -0.1) is 0 Å². The number of halogens is 1. The Morgan fingerprint density at radius 1 is 1.21 bits per heavy atom. The molecule has 0 amide bonds. The number of ether oxygens (including phenoxy) is 4. The standard InChI is InChI=1S/C31H39FN2O5/c1-16-19(4)34(15-20-11-13-37-20)29-24(16)26(22-14-23(32)27-21(17(22)2)10-9-12-38-27)25(18(3)33-29)28(30(35)36-8)39-31(5,6)7/h14,20,28H,9-13,15H2,1-8H3/t20?,28-/m0/s1. The van der Waals surface area contributed by atoms with Crippen molar-refractivity contribution in [3.05, 3.63) is 45.5 Å². The van der Waals surface area contributed by atoms with Gasteiger partial charge in [0.1, 0.15) is 5.65 Å². The molecule has 1 fully saturated rings. The minimum Gasteiger partial charge on any atom is -0.490 e. The number of carbonyl (C=O) groups excluding carboxylic acids is 1. The number of hydrogen-bond acceptors (Lipinski definition) is 6. The van der Waals surface area contributed by atoms with Gasteiger partial charge >= 0.3 is 5.97 Å². The van der Waals surface area contributed by atoms with Crippen molar-refractivity contribution in [1.29, 1.82) is 0 Å². The first-order valence-electron chi connectivity index (χ1n) is 13.7. The lowest BCUT2D eigenvalue weighted by Gasteiger charge is -2.30. The SMILES string of the molecule is COC(=O)[C@@H](OC(C)(C)C)c1c(C)nc2c(c(C)c(C)n2CC2CCO2)c1-c1cc(F)c2c(c1C)CCCO2. The van der Waals surface area contributed by atoms with Gasteiger partial charge in [0.2, 0.25) is 0 Å². The average molecular weight is 539 g/mol. The molecule has 5 rings (SSSR count). The zero-order valence-corrected chi connectivity index (χ0v) is 24.3. The van der Waals surface area contributed by atoms with E-state index in [2.05, 4.69) is 18.4 Å². The highest BCUT2D eigenvalue weighted by Crippen LogP contribution is 2.46. The molecule has 1 saturated heterocycles. The minimum atomic E-state index is -1.05. The summed E-state index contributed by atoms with van der Waals surface area (Å²) in [6.45, 7) is 15.7. The summed E-state index contributed by atoms with van der Waals surface area (Å²) >= 11 is 0. The van der Waals surface area contributed by atoms with Crippen molar-refractivity contribution >= 4 is 17.0 Å². The molecule has 0 saturated carbocycles. The van der Waals surface area contributed by atoms with Crippen molar-refractivity contribution in [1.82, 2.24) is 9.55 Å². The summed E-state index contributed by atoms with van der Waals surface area (Å²) in [7, 11) is 1.36. The lowest BCUT2D eigenvalue weighted by molar-refractivity contribution is -0.164. The van der Waals surface area contributed by atoms with E-state index in [1.807, 2.05) is 34.6 Å². The molecule has 4 heterocycles. The van der Waals surface area contributed by atoms with Crippen molar-refractivity contribution in [3.63, 3.8) is 0 Å². The van der Waals surface area contributed by atoms with E-state index in [0.717, 1.165) is 64.9 Å².